The Kier molecular flexibility index (Phi) is 7.26. The summed E-state index contributed by atoms with van der Waals surface area (Å²) in [6, 6.07) is 6.92. The molecule has 0 bridgehead atoms. The van der Waals surface area contributed by atoms with Crippen molar-refractivity contribution in [2.45, 2.75) is 6.18 Å². The maximum atomic E-state index is 13.1. The molecular weight excluding hydrogens is 409 g/mol. The molecule has 5 nitrogen and oxygen atoms in total. The van der Waals surface area contributed by atoms with Gasteiger partial charge in [-0.25, -0.2) is 4.79 Å². The van der Waals surface area contributed by atoms with Crippen LogP contribution in [0.25, 0.3) is 11.1 Å². The molecule has 0 unspecified atom stereocenters. The Labute approximate surface area is 171 Å². The summed E-state index contributed by atoms with van der Waals surface area (Å²) in [6.45, 7) is 0.947. The van der Waals surface area contributed by atoms with E-state index in [9.17, 15) is 22.8 Å². The van der Waals surface area contributed by atoms with Crippen LogP contribution in [0.15, 0.2) is 36.4 Å². The van der Waals surface area contributed by atoms with E-state index in [-0.39, 0.29) is 27.3 Å². The van der Waals surface area contributed by atoms with Crippen LogP contribution in [-0.4, -0.2) is 51.1 Å². The van der Waals surface area contributed by atoms with E-state index in [4.69, 9.17) is 16.3 Å². The molecule has 0 saturated heterocycles. The number of benzene rings is 2. The van der Waals surface area contributed by atoms with E-state index in [1.807, 2.05) is 19.0 Å². The van der Waals surface area contributed by atoms with Crippen molar-refractivity contribution < 1.29 is 27.5 Å². The summed E-state index contributed by atoms with van der Waals surface area (Å²) in [6.07, 6.45) is -4.56. The third-order valence-electron chi connectivity index (χ3n) is 4.07. The first-order chi connectivity index (χ1) is 13.5. The van der Waals surface area contributed by atoms with Crippen molar-refractivity contribution in [3.8, 4) is 11.1 Å². The smallest absolute Gasteiger partial charge is 0.416 e. The molecule has 0 saturated carbocycles. The fraction of sp³-hybridized carbons (Fsp3) is 0.300. The number of hydrogen-bond acceptors (Lipinski definition) is 4. The maximum Gasteiger partial charge on any atom is 0.416 e. The van der Waals surface area contributed by atoms with Gasteiger partial charge in [-0.15, -0.1) is 0 Å². The number of carbonyl (C=O) groups is 2. The number of nitrogens with one attached hydrogen (secondary N) is 1. The van der Waals surface area contributed by atoms with Gasteiger partial charge in [-0.1, -0.05) is 11.6 Å². The second-order valence-electron chi connectivity index (χ2n) is 6.54. The highest BCUT2D eigenvalue weighted by Gasteiger charge is 2.31. The molecule has 0 spiro atoms. The molecule has 0 aliphatic carbocycles. The van der Waals surface area contributed by atoms with Gasteiger partial charge >= 0.3 is 12.1 Å². The summed E-state index contributed by atoms with van der Waals surface area (Å²) >= 11 is 6.11. The van der Waals surface area contributed by atoms with E-state index in [2.05, 4.69) is 5.32 Å². The fourth-order valence-corrected chi connectivity index (χ4v) is 2.79. The zero-order valence-corrected chi connectivity index (χ0v) is 16.8. The zero-order valence-electron chi connectivity index (χ0n) is 16.1. The molecule has 9 heteroatoms. The number of likely N-dealkylation sites (N-methyl/N-ethyl adjacent to an activating group) is 1. The molecule has 0 radical (unpaired) electrons. The Balaban J connectivity index is 2.52. The molecule has 1 N–H and O–H groups in total. The molecule has 0 aromatic heterocycles. The lowest BCUT2D eigenvalue weighted by Gasteiger charge is -2.14. The van der Waals surface area contributed by atoms with Gasteiger partial charge in [0, 0.05) is 29.2 Å². The van der Waals surface area contributed by atoms with Crippen LogP contribution in [0.1, 0.15) is 26.3 Å². The Bertz CT molecular complexity index is 914. The average molecular weight is 429 g/mol. The number of hydrogen-bond donors (Lipinski definition) is 1. The predicted octanol–water partition coefficient (Wildman–Crippen LogP) is 4.10. The molecule has 2 aromatic rings. The second kappa shape index (κ2) is 9.28. The number of methoxy groups -OCH3 is 1. The van der Waals surface area contributed by atoms with Crippen LogP contribution in [0.2, 0.25) is 5.02 Å². The standard InChI is InChI=1S/C20H20ClF3N2O3/c1-26(2)7-6-25-18(27)13-8-12(9-14(10-13)19(28)29-3)16-11-15(20(22,23)24)4-5-17(16)21/h4-5,8-11H,6-7H2,1-3H3,(H,25,27). The fourth-order valence-electron chi connectivity index (χ4n) is 2.57. The van der Waals surface area contributed by atoms with Crippen LogP contribution < -0.4 is 5.32 Å². The van der Waals surface area contributed by atoms with Crippen LogP contribution in [0, 0.1) is 0 Å². The van der Waals surface area contributed by atoms with Crippen molar-refractivity contribution in [1.29, 1.82) is 0 Å². The quantitative estimate of drug-likeness (QED) is 0.704. The summed E-state index contributed by atoms with van der Waals surface area (Å²) in [5.41, 5.74) is -0.514. The maximum absolute atomic E-state index is 13.1. The van der Waals surface area contributed by atoms with E-state index in [0.717, 1.165) is 18.2 Å². The highest BCUT2D eigenvalue weighted by atomic mass is 35.5. The Hall–Kier alpha value is -2.58. The van der Waals surface area contributed by atoms with Gasteiger partial charge in [-0.2, -0.15) is 13.2 Å². The van der Waals surface area contributed by atoms with Crippen molar-refractivity contribution in [1.82, 2.24) is 10.2 Å². The van der Waals surface area contributed by atoms with Gasteiger partial charge in [-0.05, 0) is 56.1 Å². The number of ether oxygens (including phenoxy) is 1. The molecule has 0 aliphatic heterocycles. The molecular formula is C20H20ClF3N2O3. The monoisotopic (exact) mass is 428 g/mol. The van der Waals surface area contributed by atoms with E-state index >= 15 is 0 Å². The molecule has 0 heterocycles. The lowest BCUT2D eigenvalue weighted by Crippen LogP contribution is -2.31. The summed E-state index contributed by atoms with van der Waals surface area (Å²) in [5.74, 6) is -1.20. The topological polar surface area (TPSA) is 58.6 Å². The predicted molar refractivity (Wildman–Crippen MR) is 104 cm³/mol. The molecule has 0 fully saturated rings. The molecule has 0 atom stereocenters. The minimum atomic E-state index is -4.56. The van der Waals surface area contributed by atoms with Gasteiger partial charge in [0.05, 0.1) is 18.2 Å². The van der Waals surface area contributed by atoms with Gasteiger partial charge in [0.15, 0.2) is 0 Å². The highest BCUT2D eigenvalue weighted by molar-refractivity contribution is 6.33. The Morgan fingerprint density at radius 2 is 1.76 bits per heavy atom. The first-order valence-electron chi connectivity index (χ1n) is 8.56. The first-order valence-corrected chi connectivity index (χ1v) is 8.94. The zero-order chi connectivity index (χ0) is 21.8. The van der Waals surface area contributed by atoms with Crippen LogP contribution in [-0.2, 0) is 10.9 Å². The SMILES string of the molecule is COC(=O)c1cc(C(=O)NCCN(C)C)cc(-c2cc(C(F)(F)F)ccc2Cl)c1. The van der Waals surface area contributed by atoms with E-state index in [1.165, 1.54) is 25.3 Å². The van der Waals surface area contributed by atoms with Gasteiger partial charge in [0.2, 0.25) is 0 Å². The third-order valence-corrected chi connectivity index (χ3v) is 4.40. The summed E-state index contributed by atoms with van der Waals surface area (Å²) in [5, 5.41) is 2.75. The average Bonchev–Trinajstić information content (AvgIpc) is 2.66. The molecule has 29 heavy (non-hydrogen) atoms. The minimum absolute atomic E-state index is 0.0243. The minimum Gasteiger partial charge on any atom is -0.465 e. The molecule has 1 amide bonds. The van der Waals surface area contributed by atoms with Crippen molar-refractivity contribution in [2.24, 2.45) is 0 Å². The second-order valence-corrected chi connectivity index (χ2v) is 6.95. The van der Waals surface area contributed by atoms with E-state index < -0.39 is 23.6 Å². The van der Waals surface area contributed by atoms with Gasteiger partial charge in [0.1, 0.15) is 0 Å². The molecule has 0 aliphatic rings. The summed E-state index contributed by atoms with van der Waals surface area (Å²) < 4.78 is 44.0. The lowest BCUT2D eigenvalue weighted by molar-refractivity contribution is -0.137. The van der Waals surface area contributed by atoms with Crippen LogP contribution in [0.5, 0.6) is 0 Å². The van der Waals surface area contributed by atoms with Crippen LogP contribution in [0.3, 0.4) is 0 Å². The van der Waals surface area contributed by atoms with Gasteiger partial charge < -0.3 is 15.0 Å². The molecule has 2 rings (SSSR count). The number of amides is 1. The van der Waals surface area contributed by atoms with Crippen molar-refractivity contribution in [3.63, 3.8) is 0 Å². The Morgan fingerprint density at radius 1 is 1.10 bits per heavy atom. The highest BCUT2D eigenvalue weighted by Crippen LogP contribution is 2.36. The van der Waals surface area contributed by atoms with Crippen LogP contribution in [0.4, 0.5) is 13.2 Å². The summed E-state index contributed by atoms with van der Waals surface area (Å²) in [4.78, 5) is 26.4. The van der Waals surface area contributed by atoms with E-state index in [1.54, 1.807) is 0 Å². The number of halogens is 4. The lowest BCUT2D eigenvalue weighted by atomic mass is 9.97. The number of carbonyl (C=O) groups excluding carboxylic acids is 2. The number of esters is 1. The third kappa shape index (κ3) is 5.95. The van der Waals surface area contributed by atoms with Gasteiger partial charge in [-0.3, -0.25) is 4.79 Å². The number of rotatable bonds is 6. The largest absolute Gasteiger partial charge is 0.465 e. The van der Waals surface area contributed by atoms with E-state index in [0.29, 0.717) is 13.1 Å². The van der Waals surface area contributed by atoms with Gasteiger partial charge in [0.25, 0.3) is 5.91 Å². The van der Waals surface area contributed by atoms with Crippen molar-refractivity contribution in [2.75, 3.05) is 34.3 Å². The van der Waals surface area contributed by atoms with Crippen LogP contribution >= 0.6 is 11.6 Å². The normalized spacial score (nSPS) is 11.4. The first kappa shape index (κ1) is 22.7. The van der Waals surface area contributed by atoms with Crippen molar-refractivity contribution >= 4 is 23.5 Å². The van der Waals surface area contributed by atoms with Crippen molar-refractivity contribution in [3.05, 3.63) is 58.1 Å². The summed E-state index contributed by atoms with van der Waals surface area (Å²) in [7, 11) is 4.86. The number of nitrogens with zero attached hydrogens (tertiary/aromatic N) is 1. The molecule has 156 valence electrons. The molecule has 2 aromatic carbocycles. The number of alkyl halides is 3. The Morgan fingerprint density at radius 3 is 2.34 bits per heavy atom.